The van der Waals surface area contributed by atoms with E-state index in [1.54, 1.807) is 0 Å². The van der Waals surface area contributed by atoms with Crippen LogP contribution in [0.5, 0.6) is 0 Å². The van der Waals surface area contributed by atoms with Crippen LogP contribution in [0.4, 0.5) is 0 Å². The van der Waals surface area contributed by atoms with Crippen molar-refractivity contribution in [3.05, 3.63) is 30.0 Å². The number of rotatable bonds is 4. The number of hydrogen-bond acceptors (Lipinski definition) is 3. The van der Waals surface area contributed by atoms with Crippen molar-refractivity contribution >= 4 is 32.8 Å². The molecule has 1 unspecified atom stereocenters. The van der Waals surface area contributed by atoms with Crippen LogP contribution in [-0.2, 0) is 11.2 Å². The smallest absolute Gasteiger partial charge is 0.228 e. The predicted molar refractivity (Wildman–Crippen MR) is 85.5 cm³/mol. The summed E-state index contributed by atoms with van der Waals surface area (Å²) in [5, 5.41) is 5.95. The van der Waals surface area contributed by atoms with Crippen molar-refractivity contribution in [1.82, 2.24) is 10.1 Å². The van der Waals surface area contributed by atoms with E-state index in [-0.39, 0.29) is 5.91 Å². The first-order valence-corrected chi connectivity index (χ1v) is 8.60. The Morgan fingerprint density at radius 3 is 3.10 bits per heavy atom. The zero-order valence-electron chi connectivity index (χ0n) is 11.9. The maximum atomic E-state index is 12.6. The van der Waals surface area contributed by atoms with Crippen LogP contribution in [0.25, 0.3) is 11.0 Å². The fraction of sp³-hybridized carbons (Fsp3) is 0.500. The molecule has 1 saturated heterocycles. The Balaban J connectivity index is 1.75. The Hall–Kier alpha value is -1.36. The van der Waals surface area contributed by atoms with Crippen molar-refractivity contribution in [2.75, 3.05) is 11.9 Å². The molecule has 4 nitrogen and oxygen atoms in total. The van der Waals surface area contributed by atoms with Crippen LogP contribution in [0.3, 0.4) is 0 Å². The van der Waals surface area contributed by atoms with E-state index in [0.717, 1.165) is 47.8 Å². The highest BCUT2D eigenvalue weighted by Crippen LogP contribution is 2.23. The lowest BCUT2D eigenvalue weighted by molar-refractivity contribution is -0.134. The molecule has 0 radical (unpaired) electrons. The van der Waals surface area contributed by atoms with E-state index < -0.39 is 0 Å². The van der Waals surface area contributed by atoms with Gasteiger partial charge in [-0.1, -0.05) is 33.2 Å². The van der Waals surface area contributed by atoms with Crippen molar-refractivity contribution < 1.29 is 9.32 Å². The number of aromatic nitrogens is 1. The lowest BCUT2D eigenvalue weighted by Crippen LogP contribution is -2.44. The average Bonchev–Trinajstić information content (AvgIpc) is 2.91. The molecule has 112 valence electrons. The molecule has 0 N–H and O–H groups in total. The van der Waals surface area contributed by atoms with E-state index in [2.05, 4.69) is 21.1 Å². The molecule has 1 aromatic heterocycles. The molecule has 1 atom stereocenters. The predicted octanol–water partition coefficient (Wildman–Crippen LogP) is 3.54. The summed E-state index contributed by atoms with van der Waals surface area (Å²) >= 11 is 3.49. The number of hydrogen-bond donors (Lipinski definition) is 0. The van der Waals surface area contributed by atoms with Gasteiger partial charge in [-0.15, -0.1) is 0 Å². The van der Waals surface area contributed by atoms with Gasteiger partial charge in [0.05, 0.1) is 6.42 Å². The molecule has 21 heavy (non-hydrogen) atoms. The summed E-state index contributed by atoms with van der Waals surface area (Å²) in [5.41, 5.74) is 1.50. The summed E-state index contributed by atoms with van der Waals surface area (Å²) < 4.78 is 5.28. The number of para-hydroxylation sites is 1. The number of nitrogens with zero attached hydrogens (tertiary/aromatic N) is 2. The number of carbonyl (C=O) groups excluding carboxylic acids is 1. The summed E-state index contributed by atoms with van der Waals surface area (Å²) in [7, 11) is 0. The van der Waals surface area contributed by atoms with Gasteiger partial charge in [0.25, 0.3) is 0 Å². The first-order valence-electron chi connectivity index (χ1n) is 7.48. The second kappa shape index (κ2) is 6.60. The summed E-state index contributed by atoms with van der Waals surface area (Å²) in [4.78, 5) is 14.7. The highest BCUT2D eigenvalue weighted by Gasteiger charge is 2.27. The molecular formula is C16H19BrN2O2. The Morgan fingerprint density at radius 1 is 1.38 bits per heavy atom. The van der Waals surface area contributed by atoms with Crippen molar-refractivity contribution in [2.45, 2.75) is 38.1 Å². The third-order valence-corrected chi connectivity index (χ3v) is 4.62. The zero-order valence-corrected chi connectivity index (χ0v) is 13.5. The molecule has 2 aromatic rings. The van der Waals surface area contributed by atoms with Crippen LogP contribution in [-0.4, -0.2) is 33.9 Å². The number of fused-ring (bicyclic) bond motifs is 1. The van der Waals surface area contributed by atoms with Gasteiger partial charge in [0.15, 0.2) is 5.58 Å². The molecule has 5 heteroatoms. The maximum absolute atomic E-state index is 12.6. The minimum Gasteiger partial charge on any atom is -0.356 e. The van der Waals surface area contributed by atoms with Gasteiger partial charge in [0, 0.05) is 23.3 Å². The largest absolute Gasteiger partial charge is 0.356 e. The van der Waals surface area contributed by atoms with Gasteiger partial charge >= 0.3 is 0 Å². The first kappa shape index (κ1) is 14.6. The molecule has 1 aliphatic heterocycles. The number of halogens is 1. The van der Waals surface area contributed by atoms with E-state index in [0.29, 0.717) is 12.5 Å². The van der Waals surface area contributed by atoms with Gasteiger partial charge < -0.3 is 9.42 Å². The Morgan fingerprint density at radius 2 is 2.24 bits per heavy atom. The normalized spacial score (nSPS) is 19.1. The standard InChI is InChI=1S/C16H19BrN2O2/c17-9-8-12-5-3-4-10-19(12)16(20)11-14-13-6-1-2-7-15(13)21-18-14/h1-2,6-7,12H,3-5,8-11H2. The number of benzene rings is 1. The van der Waals surface area contributed by atoms with Gasteiger partial charge in [-0.05, 0) is 37.8 Å². The topological polar surface area (TPSA) is 46.3 Å². The molecule has 0 aliphatic carbocycles. The van der Waals surface area contributed by atoms with E-state index in [1.165, 1.54) is 6.42 Å². The highest BCUT2D eigenvalue weighted by molar-refractivity contribution is 9.09. The van der Waals surface area contributed by atoms with Crippen molar-refractivity contribution in [2.24, 2.45) is 0 Å². The van der Waals surface area contributed by atoms with Crippen LogP contribution < -0.4 is 0 Å². The monoisotopic (exact) mass is 350 g/mol. The van der Waals surface area contributed by atoms with E-state index >= 15 is 0 Å². The molecule has 0 bridgehead atoms. The minimum atomic E-state index is 0.166. The fourth-order valence-electron chi connectivity index (χ4n) is 3.07. The molecule has 1 aromatic carbocycles. The SMILES string of the molecule is O=C(Cc1noc2ccccc12)N1CCCCC1CCBr. The lowest BCUT2D eigenvalue weighted by atomic mass is 9.99. The van der Waals surface area contributed by atoms with Crippen molar-refractivity contribution in [1.29, 1.82) is 0 Å². The third kappa shape index (κ3) is 3.12. The van der Waals surface area contributed by atoms with Crippen LogP contribution in [0.1, 0.15) is 31.4 Å². The zero-order chi connectivity index (χ0) is 14.7. The minimum absolute atomic E-state index is 0.166. The second-order valence-electron chi connectivity index (χ2n) is 5.52. The van der Waals surface area contributed by atoms with Crippen molar-refractivity contribution in [3.63, 3.8) is 0 Å². The quantitative estimate of drug-likeness (QED) is 0.792. The summed E-state index contributed by atoms with van der Waals surface area (Å²) in [6.07, 6.45) is 4.77. The second-order valence-corrected chi connectivity index (χ2v) is 6.31. The van der Waals surface area contributed by atoms with E-state index in [9.17, 15) is 4.79 Å². The van der Waals surface area contributed by atoms with Crippen molar-refractivity contribution in [3.8, 4) is 0 Å². The molecule has 2 heterocycles. The molecule has 0 saturated carbocycles. The fourth-order valence-corrected chi connectivity index (χ4v) is 3.59. The van der Waals surface area contributed by atoms with E-state index in [4.69, 9.17) is 4.52 Å². The molecular weight excluding hydrogens is 332 g/mol. The summed E-state index contributed by atoms with van der Waals surface area (Å²) in [6.45, 7) is 0.867. The van der Waals surface area contributed by atoms with E-state index in [1.807, 2.05) is 29.2 Å². The van der Waals surface area contributed by atoms with Crippen LogP contribution in [0.15, 0.2) is 28.8 Å². The van der Waals surface area contributed by atoms with Gasteiger partial charge in [-0.3, -0.25) is 4.79 Å². The highest BCUT2D eigenvalue weighted by atomic mass is 79.9. The molecule has 0 spiro atoms. The van der Waals surface area contributed by atoms with Gasteiger partial charge in [-0.25, -0.2) is 0 Å². The lowest BCUT2D eigenvalue weighted by Gasteiger charge is -2.35. The van der Waals surface area contributed by atoms with Crippen LogP contribution in [0.2, 0.25) is 0 Å². The first-order chi connectivity index (χ1) is 10.3. The number of carbonyl (C=O) groups is 1. The molecule has 1 amide bonds. The van der Waals surface area contributed by atoms with Gasteiger partial charge in [0.1, 0.15) is 5.69 Å². The summed E-state index contributed by atoms with van der Waals surface area (Å²) in [5.74, 6) is 0.166. The third-order valence-electron chi connectivity index (χ3n) is 4.16. The number of piperidine rings is 1. The summed E-state index contributed by atoms with van der Waals surface area (Å²) in [6, 6.07) is 8.06. The molecule has 3 rings (SSSR count). The molecule has 1 aliphatic rings. The Bertz CT molecular complexity index is 624. The number of likely N-dealkylation sites (tertiary alicyclic amines) is 1. The number of alkyl halides is 1. The van der Waals surface area contributed by atoms with Crippen LogP contribution >= 0.6 is 15.9 Å². The van der Waals surface area contributed by atoms with Gasteiger partial charge in [-0.2, -0.15) is 0 Å². The van der Waals surface area contributed by atoms with Crippen LogP contribution in [0, 0.1) is 0 Å². The Kier molecular flexibility index (Phi) is 4.58. The maximum Gasteiger partial charge on any atom is 0.228 e. The number of amides is 1. The average molecular weight is 351 g/mol. The molecule has 1 fully saturated rings. The Labute approximate surface area is 132 Å². The van der Waals surface area contributed by atoms with Gasteiger partial charge in [0.2, 0.25) is 5.91 Å².